The molecule has 7 nitrogen and oxygen atoms in total. The van der Waals surface area contributed by atoms with Gasteiger partial charge < -0.3 is 10.5 Å². The van der Waals surface area contributed by atoms with Gasteiger partial charge in [0.05, 0.1) is 7.11 Å². The summed E-state index contributed by atoms with van der Waals surface area (Å²) in [7, 11) is 1.64. The molecule has 2 heterocycles. The first-order chi connectivity index (χ1) is 11.0. The molecular formula is C16H18N6O. The lowest BCUT2D eigenvalue weighted by molar-refractivity contribution is 0.414. The molecule has 0 spiro atoms. The third-order valence-corrected chi connectivity index (χ3v) is 3.38. The number of nitrogens with two attached hydrogens (primary N) is 1. The summed E-state index contributed by atoms with van der Waals surface area (Å²) in [6.07, 6.45) is 0.594. The molecule has 0 aliphatic carbocycles. The molecule has 0 aliphatic rings. The fraction of sp³-hybridized carbons (Fsp3) is 0.250. The second kappa shape index (κ2) is 6.04. The molecule has 0 aliphatic heterocycles. The Morgan fingerprint density at radius 1 is 1.09 bits per heavy atom. The molecule has 1 aromatic carbocycles. The molecule has 0 bridgehead atoms. The minimum Gasteiger partial charge on any atom is -0.497 e. The molecule has 0 saturated heterocycles. The first kappa shape index (κ1) is 15.0. The van der Waals surface area contributed by atoms with Crippen LogP contribution in [0, 0.1) is 13.8 Å². The monoisotopic (exact) mass is 310 g/mol. The van der Waals surface area contributed by atoms with Crippen LogP contribution in [0.5, 0.6) is 5.75 Å². The average molecular weight is 310 g/mol. The number of aryl methyl sites for hydroxylation is 2. The van der Waals surface area contributed by atoms with Gasteiger partial charge in [0.1, 0.15) is 17.4 Å². The van der Waals surface area contributed by atoms with Crippen molar-refractivity contribution in [3.05, 3.63) is 53.2 Å². The number of methoxy groups -OCH3 is 1. The SMILES string of the molecule is COc1ccc(Cc2nc(N)nn2-c2cc(C)nc(C)n2)cc1. The van der Waals surface area contributed by atoms with Crippen molar-refractivity contribution in [2.75, 3.05) is 12.8 Å². The maximum absolute atomic E-state index is 5.79. The van der Waals surface area contributed by atoms with Crippen molar-refractivity contribution < 1.29 is 4.74 Å². The topological polar surface area (TPSA) is 91.7 Å². The number of anilines is 1. The second-order valence-electron chi connectivity index (χ2n) is 5.24. The van der Waals surface area contributed by atoms with Crippen molar-refractivity contribution in [3.63, 3.8) is 0 Å². The van der Waals surface area contributed by atoms with Crippen LogP contribution in [0.3, 0.4) is 0 Å². The van der Waals surface area contributed by atoms with E-state index in [0.717, 1.165) is 22.8 Å². The smallest absolute Gasteiger partial charge is 0.240 e. The van der Waals surface area contributed by atoms with Crippen LogP contribution < -0.4 is 10.5 Å². The molecule has 7 heteroatoms. The van der Waals surface area contributed by atoms with E-state index in [9.17, 15) is 0 Å². The van der Waals surface area contributed by atoms with Crippen molar-refractivity contribution >= 4 is 5.95 Å². The molecule has 23 heavy (non-hydrogen) atoms. The summed E-state index contributed by atoms with van der Waals surface area (Å²) in [5, 5.41) is 4.26. The van der Waals surface area contributed by atoms with Gasteiger partial charge in [-0.1, -0.05) is 12.1 Å². The first-order valence-electron chi connectivity index (χ1n) is 7.22. The lowest BCUT2D eigenvalue weighted by atomic mass is 10.1. The van der Waals surface area contributed by atoms with Gasteiger partial charge in [-0.25, -0.2) is 9.97 Å². The van der Waals surface area contributed by atoms with E-state index in [4.69, 9.17) is 10.5 Å². The highest BCUT2D eigenvalue weighted by atomic mass is 16.5. The fourth-order valence-electron chi connectivity index (χ4n) is 2.39. The number of aromatic nitrogens is 5. The standard InChI is InChI=1S/C16H18N6O/c1-10-8-14(19-11(2)18-10)22-15(20-16(17)21-22)9-12-4-6-13(23-3)7-5-12/h4-8H,9H2,1-3H3,(H2,17,21). The Morgan fingerprint density at radius 2 is 1.83 bits per heavy atom. The van der Waals surface area contributed by atoms with E-state index in [1.54, 1.807) is 11.8 Å². The van der Waals surface area contributed by atoms with E-state index in [-0.39, 0.29) is 5.95 Å². The molecule has 3 rings (SSSR count). The van der Waals surface area contributed by atoms with Gasteiger partial charge in [-0.2, -0.15) is 9.67 Å². The number of rotatable bonds is 4. The maximum Gasteiger partial charge on any atom is 0.240 e. The van der Waals surface area contributed by atoms with E-state index in [2.05, 4.69) is 20.1 Å². The molecule has 2 aromatic heterocycles. The van der Waals surface area contributed by atoms with Crippen molar-refractivity contribution in [1.82, 2.24) is 24.7 Å². The molecule has 0 saturated carbocycles. The van der Waals surface area contributed by atoms with Crippen LogP contribution in [0.15, 0.2) is 30.3 Å². The molecule has 118 valence electrons. The predicted molar refractivity (Wildman–Crippen MR) is 86.6 cm³/mol. The fourth-order valence-corrected chi connectivity index (χ4v) is 2.39. The number of hydrogen-bond donors (Lipinski definition) is 1. The summed E-state index contributed by atoms with van der Waals surface area (Å²) >= 11 is 0. The molecule has 0 atom stereocenters. The van der Waals surface area contributed by atoms with Crippen LogP contribution in [-0.4, -0.2) is 31.8 Å². The molecular weight excluding hydrogens is 292 g/mol. The van der Waals surface area contributed by atoms with Crippen LogP contribution in [0.25, 0.3) is 5.82 Å². The number of nitrogen functional groups attached to an aromatic ring is 1. The van der Waals surface area contributed by atoms with Crippen LogP contribution >= 0.6 is 0 Å². The second-order valence-corrected chi connectivity index (χ2v) is 5.24. The minimum absolute atomic E-state index is 0.224. The normalized spacial score (nSPS) is 10.7. The van der Waals surface area contributed by atoms with Gasteiger partial charge in [-0.05, 0) is 31.5 Å². The number of nitrogens with zero attached hydrogens (tertiary/aromatic N) is 5. The van der Waals surface area contributed by atoms with Crippen LogP contribution in [0.4, 0.5) is 5.95 Å². The Morgan fingerprint density at radius 3 is 2.48 bits per heavy atom. The largest absolute Gasteiger partial charge is 0.497 e. The molecule has 2 N–H and O–H groups in total. The van der Waals surface area contributed by atoms with Gasteiger partial charge in [-0.3, -0.25) is 0 Å². The Hall–Kier alpha value is -2.96. The molecule has 0 unspecified atom stereocenters. The Bertz CT molecular complexity index is 805. The summed E-state index contributed by atoms with van der Waals surface area (Å²) in [6, 6.07) is 9.67. The van der Waals surface area contributed by atoms with Crippen molar-refractivity contribution in [3.8, 4) is 11.6 Å². The third-order valence-electron chi connectivity index (χ3n) is 3.38. The van der Waals surface area contributed by atoms with Crippen LogP contribution in [-0.2, 0) is 6.42 Å². The van der Waals surface area contributed by atoms with E-state index in [1.807, 2.05) is 44.2 Å². The van der Waals surface area contributed by atoms with Gasteiger partial charge in [0.25, 0.3) is 0 Å². The lowest BCUT2D eigenvalue weighted by Crippen LogP contribution is -2.08. The predicted octanol–water partition coefficient (Wildman–Crippen LogP) is 1.86. The van der Waals surface area contributed by atoms with Crippen molar-refractivity contribution in [2.45, 2.75) is 20.3 Å². The van der Waals surface area contributed by atoms with Gasteiger partial charge in [0.2, 0.25) is 5.95 Å². The van der Waals surface area contributed by atoms with Gasteiger partial charge in [0, 0.05) is 18.2 Å². The van der Waals surface area contributed by atoms with E-state index < -0.39 is 0 Å². The summed E-state index contributed by atoms with van der Waals surface area (Å²) in [4.78, 5) is 13.0. The molecule has 3 aromatic rings. The van der Waals surface area contributed by atoms with E-state index in [1.165, 1.54) is 0 Å². The number of benzene rings is 1. The third kappa shape index (κ3) is 3.28. The summed E-state index contributed by atoms with van der Waals surface area (Å²) in [5.41, 5.74) is 7.74. The highest BCUT2D eigenvalue weighted by Crippen LogP contribution is 2.17. The van der Waals surface area contributed by atoms with Crippen molar-refractivity contribution in [1.29, 1.82) is 0 Å². The molecule has 0 fully saturated rings. The summed E-state index contributed by atoms with van der Waals surface area (Å²) in [6.45, 7) is 3.77. The Kier molecular flexibility index (Phi) is 3.92. The summed E-state index contributed by atoms with van der Waals surface area (Å²) in [5.74, 6) is 3.12. The molecule has 0 amide bonds. The van der Waals surface area contributed by atoms with Gasteiger partial charge in [0.15, 0.2) is 5.82 Å². The molecule has 0 radical (unpaired) electrons. The van der Waals surface area contributed by atoms with E-state index >= 15 is 0 Å². The van der Waals surface area contributed by atoms with Crippen LogP contribution in [0.2, 0.25) is 0 Å². The van der Waals surface area contributed by atoms with Crippen LogP contribution in [0.1, 0.15) is 22.9 Å². The zero-order valence-corrected chi connectivity index (χ0v) is 13.3. The summed E-state index contributed by atoms with van der Waals surface area (Å²) < 4.78 is 6.84. The first-order valence-corrected chi connectivity index (χ1v) is 7.22. The van der Waals surface area contributed by atoms with Gasteiger partial charge >= 0.3 is 0 Å². The maximum atomic E-state index is 5.79. The highest BCUT2D eigenvalue weighted by Gasteiger charge is 2.13. The zero-order chi connectivity index (χ0) is 16.4. The minimum atomic E-state index is 0.224. The van der Waals surface area contributed by atoms with Crippen molar-refractivity contribution in [2.24, 2.45) is 0 Å². The number of ether oxygens (including phenoxy) is 1. The van der Waals surface area contributed by atoms with E-state index in [0.29, 0.717) is 18.1 Å². The Balaban J connectivity index is 1.96. The Labute approximate surface area is 134 Å². The zero-order valence-electron chi connectivity index (χ0n) is 13.3. The average Bonchev–Trinajstić information content (AvgIpc) is 2.88. The quantitative estimate of drug-likeness (QED) is 0.790. The van der Waals surface area contributed by atoms with Gasteiger partial charge in [-0.15, -0.1) is 5.10 Å². The lowest BCUT2D eigenvalue weighted by Gasteiger charge is -2.07. The highest BCUT2D eigenvalue weighted by molar-refractivity contribution is 5.33. The number of hydrogen-bond acceptors (Lipinski definition) is 6.